The summed E-state index contributed by atoms with van der Waals surface area (Å²) in [7, 11) is 1.66. The SMILES string of the molecule is CNC(=O)C1CCCN(C(=O)CC2(CS)CC2)C1. The van der Waals surface area contributed by atoms with E-state index in [4.69, 9.17) is 0 Å². The maximum Gasteiger partial charge on any atom is 0.224 e. The molecular formula is C13H22N2O2S. The first-order valence-corrected chi connectivity index (χ1v) is 7.34. The van der Waals surface area contributed by atoms with Gasteiger partial charge in [-0.05, 0) is 36.9 Å². The molecule has 0 bridgehead atoms. The smallest absolute Gasteiger partial charge is 0.224 e. The van der Waals surface area contributed by atoms with Gasteiger partial charge in [0.25, 0.3) is 0 Å². The van der Waals surface area contributed by atoms with E-state index in [9.17, 15) is 9.59 Å². The molecule has 2 aliphatic rings. The molecule has 1 saturated heterocycles. The van der Waals surface area contributed by atoms with Crippen molar-refractivity contribution < 1.29 is 9.59 Å². The zero-order chi connectivity index (χ0) is 13.2. The Morgan fingerprint density at radius 2 is 2.17 bits per heavy atom. The lowest BCUT2D eigenvalue weighted by molar-refractivity contribution is -0.136. The molecule has 1 unspecified atom stereocenters. The summed E-state index contributed by atoms with van der Waals surface area (Å²) in [6, 6.07) is 0. The summed E-state index contributed by atoms with van der Waals surface area (Å²) in [5.74, 6) is 1.03. The van der Waals surface area contributed by atoms with Crippen LogP contribution in [-0.2, 0) is 9.59 Å². The van der Waals surface area contributed by atoms with Crippen molar-refractivity contribution >= 4 is 24.4 Å². The zero-order valence-electron chi connectivity index (χ0n) is 10.9. The summed E-state index contributed by atoms with van der Waals surface area (Å²) in [6.45, 7) is 1.39. The number of amides is 2. The molecule has 0 aromatic carbocycles. The largest absolute Gasteiger partial charge is 0.359 e. The molecule has 1 saturated carbocycles. The fourth-order valence-electron chi connectivity index (χ4n) is 2.62. The number of thiol groups is 1. The van der Waals surface area contributed by atoms with Crippen molar-refractivity contribution in [1.82, 2.24) is 10.2 Å². The van der Waals surface area contributed by atoms with Crippen LogP contribution in [0, 0.1) is 11.3 Å². The minimum atomic E-state index is -0.0288. The van der Waals surface area contributed by atoms with E-state index in [-0.39, 0.29) is 23.1 Å². The van der Waals surface area contributed by atoms with Crippen LogP contribution >= 0.6 is 12.6 Å². The number of rotatable bonds is 4. The highest BCUT2D eigenvalue weighted by Gasteiger charge is 2.44. The molecule has 5 heteroatoms. The number of carbonyl (C=O) groups excluding carboxylic acids is 2. The molecule has 1 N–H and O–H groups in total. The third kappa shape index (κ3) is 2.99. The summed E-state index contributed by atoms with van der Waals surface area (Å²) < 4.78 is 0. The topological polar surface area (TPSA) is 49.4 Å². The molecule has 1 atom stereocenters. The lowest BCUT2D eigenvalue weighted by atomic mass is 9.95. The van der Waals surface area contributed by atoms with E-state index in [0.29, 0.717) is 13.0 Å². The molecule has 4 nitrogen and oxygen atoms in total. The van der Waals surface area contributed by atoms with Crippen molar-refractivity contribution in [3.8, 4) is 0 Å². The number of carbonyl (C=O) groups is 2. The lowest BCUT2D eigenvalue weighted by Crippen LogP contribution is -2.45. The average Bonchev–Trinajstić information content (AvgIpc) is 3.18. The average molecular weight is 270 g/mol. The van der Waals surface area contributed by atoms with Crippen molar-refractivity contribution in [2.45, 2.75) is 32.1 Å². The molecule has 102 valence electrons. The minimum absolute atomic E-state index is 0.0288. The van der Waals surface area contributed by atoms with Crippen molar-refractivity contribution in [3.63, 3.8) is 0 Å². The third-order valence-corrected chi connectivity index (χ3v) is 4.88. The predicted molar refractivity (Wildman–Crippen MR) is 73.5 cm³/mol. The lowest BCUT2D eigenvalue weighted by Gasteiger charge is -2.32. The van der Waals surface area contributed by atoms with Crippen molar-refractivity contribution in [2.24, 2.45) is 11.3 Å². The van der Waals surface area contributed by atoms with E-state index in [1.165, 1.54) is 0 Å². The van der Waals surface area contributed by atoms with Crippen LogP contribution in [0.3, 0.4) is 0 Å². The normalized spacial score (nSPS) is 25.7. The van der Waals surface area contributed by atoms with Crippen LogP contribution in [0.1, 0.15) is 32.1 Å². The maximum absolute atomic E-state index is 12.2. The summed E-state index contributed by atoms with van der Waals surface area (Å²) in [6.07, 6.45) is 4.67. The molecule has 2 rings (SSSR count). The van der Waals surface area contributed by atoms with E-state index >= 15 is 0 Å². The Bertz CT molecular complexity index is 342. The Labute approximate surface area is 114 Å². The van der Waals surface area contributed by atoms with E-state index in [1.54, 1.807) is 7.05 Å². The zero-order valence-corrected chi connectivity index (χ0v) is 11.8. The minimum Gasteiger partial charge on any atom is -0.359 e. The molecule has 0 aromatic rings. The third-order valence-electron chi connectivity index (χ3n) is 4.21. The molecule has 0 spiro atoms. The van der Waals surface area contributed by atoms with Crippen LogP contribution in [0.5, 0.6) is 0 Å². The van der Waals surface area contributed by atoms with Gasteiger partial charge in [0.1, 0.15) is 0 Å². The van der Waals surface area contributed by atoms with Crippen molar-refractivity contribution in [1.29, 1.82) is 0 Å². The summed E-state index contributed by atoms with van der Waals surface area (Å²) >= 11 is 4.33. The Morgan fingerprint density at radius 3 is 2.72 bits per heavy atom. The van der Waals surface area contributed by atoms with Gasteiger partial charge in [0.05, 0.1) is 5.92 Å². The number of piperidine rings is 1. The van der Waals surface area contributed by atoms with Gasteiger partial charge < -0.3 is 10.2 Å². The molecule has 2 fully saturated rings. The van der Waals surface area contributed by atoms with Crippen LogP contribution in [0.15, 0.2) is 0 Å². The summed E-state index contributed by atoms with van der Waals surface area (Å²) in [5, 5.41) is 2.68. The van der Waals surface area contributed by atoms with Crippen LogP contribution in [-0.4, -0.2) is 42.6 Å². The van der Waals surface area contributed by atoms with Gasteiger partial charge in [-0.2, -0.15) is 12.6 Å². The maximum atomic E-state index is 12.2. The van der Waals surface area contributed by atoms with Crippen molar-refractivity contribution in [3.05, 3.63) is 0 Å². The second-order valence-corrected chi connectivity index (χ2v) is 5.94. The molecule has 0 radical (unpaired) electrons. The molecule has 18 heavy (non-hydrogen) atoms. The van der Waals surface area contributed by atoms with Crippen LogP contribution in [0.2, 0.25) is 0 Å². The highest BCUT2D eigenvalue weighted by molar-refractivity contribution is 7.80. The van der Waals surface area contributed by atoms with Crippen molar-refractivity contribution in [2.75, 3.05) is 25.9 Å². The van der Waals surface area contributed by atoms with E-state index in [0.717, 1.165) is 38.0 Å². The van der Waals surface area contributed by atoms with Gasteiger partial charge in [-0.25, -0.2) is 0 Å². The van der Waals surface area contributed by atoms with E-state index in [1.807, 2.05) is 4.90 Å². The number of hydrogen-bond acceptors (Lipinski definition) is 3. The molecule has 1 aliphatic carbocycles. The Kier molecular flexibility index (Phi) is 4.20. The van der Waals surface area contributed by atoms with E-state index in [2.05, 4.69) is 17.9 Å². The fourth-order valence-corrected chi connectivity index (χ4v) is 3.05. The molecule has 0 aromatic heterocycles. The van der Waals surface area contributed by atoms with Gasteiger partial charge in [-0.15, -0.1) is 0 Å². The second-order valence-electron chi connectivity index (χ2n) is 5.63. The highest BCUT2D eigenvalue weighted by Crippen LogP contribution is 2.49. The Morgan fingerprint density at radius 1 is 1.44 bits per heavy atom. The summed E-state index contributed by atoms with van der Waals surface area (Å²) in [4.78, 5) is 25.7. The van der Waals surface area contributed by atoms with Gasteiger partial charge >= 0.3 is 0 Å². The Hall–Kier alpha value is -0.710. The predicted octanol–water partition coefficient (Wildman–Crippen LogP) is 1.07. The van der Waals surface area contributed by atoms with Gasteiger partial charge in [-0.1, -0.05) is 0 Å². The molecule has 2 amide bonds. The monoisotopic (exact) mass is 270 g/mol. The number of likely N-dealkylation sites (tertiary alicyclic amines) is 1. The summed E-state index contributed by atoms with van der Waals surface area (Å²) in [5.41, 5.74) is 0.167. The Balaban J connectivity index is 1.88. The van der Waals surface area contributed by atoms with E-state index < -0.39 is 0 Å². The van der Waals surface area contributed by atoms with Crippen LogP contribution in [0.4, 0.5) is 0 Å². The fraction of sp³-hybridized carbons (Fsp3) is 0.846. The number of nitrogens with one attached hydrogen (secondary N) is 1. The van der Waals surface area contributed by atoms with Gasteiger partial charge in [0.2, 0.25) is 11.8 Å². The molecule has 1 aliphatic heterocycles. The molecular weight excluding hydrogens is 248 g/mol. The first-order valence-electron chi connectivity index (χ1n) is 6.70. The quantitative estimate of drug-likeness (QED) is 0.751. The number of hydrogen-bond donors (Lipinski definition) is 2. The molecule has 1 heterocycles. The van der Waals surface area contributed by atoms with Crippen LogP contribution < -0.4 is 5.32 Å². The standard InChI is InChI=1S/C13H22N2O2S/c1-14-12(17)10-3-2-6-15(8-10)11(16)7-13(9-18)4-5-13/h10,18H,2-9H2,1H3,(H,14,17). The van der Waals surface area contributed by atoms with Gasteiger partial charge in [0, 0.05) is 26.6 Å². The van der Waals surface area contributed by atoms with Crippen LogP contribution in [0.25, 0.3) is 0 Å². The highest BCUT2D eigenvalue weighted by atomic mass is 32.1. The first-order chi connectivity index (χ1) is 8.60. The first kappa shape index (κ1) is 13.7. The second kappa shape index (κ2) is 5.51. The van der Waals surface area contributed by atoms with Gasteiger partial charge in [-0.3, -0.25) is 9.59 Å². The van der Waals surface area contributed by atoms with Gasteiger partial charge in [0.15, 0.2) is 0 Å². The number of nitrogens with zero attached hydrogens (tertiary/aromatic N) is 1.